The molecule has 1 aromatic heterocycles. The zero-order valence-electron chi connectivity index (χ0n) is 31.0. The molecule has 0 amide bonds. The standard InChI is InChI=1S/C39H50O13/c1-9-22(3)32(41)48-27-16-18-37(8,45)39-30(50-33(42)23(4)10-2)28(36(6,7)52-39)29(49-34(43)25-14-12-11-13-15-25)31(38(27,39)21-47-24(5)40)51-35(44)26-17-19-46-20-26/h11-15,17,19-20,22-23,27-31,45H,9-10,16,18,21H2,1-8H3/t22-,23-,27-,28+,29-,30+,31-,37-,38-,39-/m0/s1. The predicted molar refractivity (Wildman–Crippen MR) is 183 cm³/mol. The number of aliphatic hydroxyl groups is 1. The summed E-state index contributed by atoms with van der Waals surface area (Å²) in [5.74, 6) is -5.89. The van der Waals surface area contributed by atoms with Crippen molar-refractivity contribution >= 4 is 29.8 Å². The number of hydrogen-bond acceptors (Lipinski definition) is 13. The third kappa shape index (κ3) is 6.50. The van der Waals surface area contributed by atoms with Crippen LogP contribution in [-0.2, 0) is 42.8 Å². The maximum atomic E-state index is 14.0. The Morgan fingerprint density at radius 2 is 1.46 bits per heavy atom. The smallest absolute Gasteiger partial charge is 0.341 e. The van der Waals surface area contributed by atoms with Gasteiger partial charge in [0.05, 0.1) is 46.3 Å². The van der Waals surface area contributed by atoms with Crippen LogP contribution >= 0.6 is 0 Å². The molecule has 3 aliphatic rings. The van der Waals surface area contributed by atoms with Gasteiger partial charge >= 0.3 is 29.8 Å². The van der Waals surface area contributed by atoms with E-state index < -0.39 is 101 Å². The van der Waals surface area contributed by atoms with Gasteiger partial charge in [0.2, 0.25) is 0 Å². The molecule has 1 aromatic carbocycles. The van der Waals surface area contributed by atoms with Gasteiger partial charge in [0.15, 0.2) is 11.7 Å². The molecule has 52 heavy (non-hydrogen) atoms. The monoisotopic (exact) mass is 726 g/mol. The summed E-state index contributed by atoms with van der Waals surface area (Å²) in [6, 6.07) is 9.53. The van der Waals surface area contributed by atoms with Crippen molar-refractivity contribution < 1.29 is 61.9 Å². The molecule has 2 bridgehead atoms. The Hall–Kier alpha value is -4.23. The van der Waals surface area contributed by atoms with Crippen LogP contribution in [0.5, 0.6) is 0 Å². The molecule has 13 nitrogen and oxygen atoms in total. The van der Waals surface area contributed by atoms with Gasteiger partial charge in [0.1, 0.15) is 36.6 Å². The van der Waals surface area contributed by atoms with Crippen LogP contribution in [0.4, 0.5) is 0 Å². The van der Waals surface area contributed by atoms with E-state index in [1.807, 2.05) is 13.8 Å². The maximum absolute atomic E-state index is 14.0. The fraction of sp³-hybridized carbons (Fsp3) is 0.615. The summed E-state index contributed by atoms with van der Waals surface area (Å²) in [5, 5.41) is 12.7. The number of esters is 5. The average molecular weight is 727 g/mol. The van der Waals surface area contributed by atoms with Crippen LogP contribution in [0.1, 0.15) is 102 Å². The summed E-state index contributed by atoms with van der Waals surface area (Å²) in [6.45, 7) is 12.5. The molecular formula is C39H50O13. The fourth-order valence-electron chi connectivity index (χ4n) is 8.27. The predicted octanol–water partition coefficient (Wildman–Crippen LogP) is 5.22. The molecule has 1 aliphatic heterocycles. The van der Waals surface area contributed by atoms with E-state index in [0.29, 0.717) is 12.8 Å². The third-order valence-electron chi connectivity index (χ3n) is 11.4. The molecule has 2 heterocycles. The van der Waals surface area contributed by atoms with Crippen molar-refractivity contribution in [1.29, 1.82) is 0 Å². The second-order valence-corrected chi connectivity index (χ2v) is 15.1. The number of fused-ring (bicyclic) bond motifs is 1. The van der Waals surface area contributed by atoms with E-state index in [4.69, 9.17) is 32.8 Å². The van der Waals surface area contributed by atoms with Crippen molar-refractivity contribution in [3.05, 3.63) is 60.1 Å². The molecule has 0 radical (unpaired) electrons. The summed E-state index contributed by atoms with van der Waals surface area (Å²) in [7, 11) is 0. The number of rotatable bonds is 12. The number of hydrogen-bond donors (Lipinski definition) is 1. The highest BCUT2D eigenvalue weighted by atomic mass is 16.6. The van der Waals surface area contributed by atoms with Crippen LogP contribution in [0, 0.1) is 23.2 Å². The number of carbonyl (C=O) groups excluding carboxylic acids is 5. The highest BCUT2D eigenvalue weighted by Gasteiger charge is 2.87. The molecule has 10 atom stereocenters. The highest BCUT2D eigenvalue weighted by Crippen LogP contribution is 2.69. The Labute approximate surface area is 303 Å². The summed E-state index contributed by atoms with van der Waals surface area (Å²) < 4.78 is 43.5. The molecular weight excluding hydrogens is 676 g/mol. The first-order valence-electron chi connectivity index (χ1n) is 17.9. The molecule has 1 saturated heterocycles. The van der Waals surface area contributed by atoms with Crippen molar-refractivity contribution in [3.8, 4) is 0 Å². The van der Waals surface area contributed by atoms with Gasteiger partial charge < -0.3 is 37.9 Å². The van der Waals surface area contributed by atoms with E-state index in [2.05, 4.69) is 0 Å². The van der Waals surface area contributed by atoms with Crippen molar-refractivity contribution in [3.63, 3.8) is 0 Å². The summed E-state index contributed by atoms with van der Waals surface area (Å²) in [5.41, 5.74) is -7.18. The molecule has 13 heteroatoms. The zero-order valence-corrected chi connectivity index (χ0v) is 31.0. The Kier molecular flexibility index (Phi) is 11.0. The molecule has 3 fully saturated rings. The molecule has 2 aliphatic carbocycles. The number of carbonyl (C=O) groups is 5. The average Bonchev–Trinajstić information content (AvgIpc) is 3.71. The molecule has 0 unspecified atom stereocenters. The van der Waals surface area contributed by atoms with Gasteiger partial charge in [-0.05, 0) is 64.7 Å². The Bertz CT molecular complexity index is 1630. The van der Waals surface area contributed by atoms with Gasteiger partial charge in [-0.25, -0.2) is 9.59 Å². The van der Waals surface area contributed by atoms with Gasteiger partial charge in [-0.3, -0.25) is 14.4 Å². The first-order valence-corrected chi connectivity index (χ1v) is 17.9. The van der Waals surface area contributed by atoms with Crippen molar-refractivity contribution in [1.82, 2.24) is 0 Å². The lowest BCUT2D eigenvalue weighted by atomic mass is 9.46. The molecule has 5 rings (SSSR count). The maximum Gasteiger partial charge on any atom is 0.341 e. The van der Waals surface area contributed by atoms with E-state index >= 15 is 0 Å². The van der Waals surface area contributed by atoms with Crippen LogP contribution < -0.4 is 0 Å². The second-order valence-electron chi connectivity index (χ2n) is 15.1. The van der Waals surface area contributed by atoms with Crippen LogP contribution in [0.15, 0.2) is 53.3 Å². The Balaban J connectivity index is 1.86. The Morgan fingerprint density at radius 3 is 2.04 bits per heavy atom. The number of furan rings is 1. The van der Waals surface area contributed by atoms with Crippen molar-refractivity contribution in [2.24, 2.45) is 23.2 Å². The van der Waals surface area contributed by atoms with Gasteiger partial charge in [-0.1, -0.05) is 45.9 Å². The molecule has 1 spiro atoms. The second kappa shape index (κ2) is 14.7. The van der Waals surface area contributed by atoms with Crippen molar-refractivity contribution in [2.45, 2.75) is 122 Å². The first-order chi connectivity index (χ1) is 24.5. The van der Waals surface area contributed by atoms with Crippen LogP contribution in [-0.4, -0.2) is 82.8 Å². The quantitative estimate of drug-likeness (QED) is 0.223. The topological polar surface area (TPSA) is 174 Å². The highest BCUT2D eigenvalue weighted by molar-refractivity contribution is 5.90. The fourth-order valence-corrected chi connectivity index (χ4v) is 8.27. The van der Waals surface area contributed by atoms with E-state index in [-0.39, 0.29) is 24.0 Å². The van der Waals surface area contributed by atoms with Crippen molar-refractivity contribution in [2.75, 3.05) is 6.61 Å². The van der Waals surface area contributed by atoms with Gasteiger partial charge in [-0.2, -0.15) is 0 Å². The summed E-state index contributed by atoms with van der Waals surface area (Å²) in [6.07, 6.45) is -2.49. The van der Waals surface area contributed by atoms with Crippen LogP contribution in [0.25, 0.3) is 0 Å². The van der Waals surface area contributed by atoms with E-state index in [1.54, 1.807) is 58.0 Å². The van der Waals surface area contributed by atoms with E-state index in [1.165, 1.54) is 32.4 Å². The normalized spacial score (nSPS) is 32.8. The van der Waals surface area contributed by atoms with Gasteiger partial charge in [0.25, 0.3) is 0 Å². The minimum Gasteiger partial charge on any atom is -0.472 e. The SMILES string of the molecule is CC[C@H](C)C(=O)O[C@H]1CC[C@](C)(O)[C@]23OC(C)(C)[C@H]([C@H](OC(=O)c4ccccc4)[C@H](OC(=O)c4ccoc4)[C@]12COC(C)=O)[C@H]3OC(=O)[C@@H](C)CC. The van der Waals surface area contributed by atoms with Gasteiger partial charge in [0, 0.05) is 6.92 Å². The van der Waals surface area contributed by atoms with Crippen LogP contribution in [0.3, 0.4) is 0 Å². The van der Waals surface area contributed by atoms with Crippen LogP contribution in [0.2, 0.25) is 0 Å². The number of benzene rings is 1. The molecule has 2 saturated carbocycles. The lowest BCUT2D eigenvalue weighted by molar-refractivity contribution is -0.349. The summed E-state index contributed by atoms with van der Waals surface area (Å²) in [4.78, 5) is 68.4. The lowest BCUT2D eigenvalue weighted by Crippen LogP contribution is -2.83. The molecule has 284 valence electrons. The lowest BCUT2D eigenvalue weighted by Gasteiger charge is -2.65. The molecule has 1 N–H and O–H groups in total. The molecule has 2 aromatic rings. The van der Waals surface area contributed by atoms with E-state index in [0.717, 1.165) is 0 Å². The summed E-state index contributed by atoms with van der Waals surface area (Å²) >= 11 is 0. The minimum absolute atomic E-state index is 0.0124. The Morgan fingerprint density at radius 1 is 0.846 bits per heavy atom. The van der Waals surface area contributed by atoms with Gasteiger partial charge in [-0.15, -0.1) is 0 Å². The minimum atomic E-state index is -2.07. The third-order valence-corrected chi connectivity index (χ3v) is 11.4. The zero-order chi connectivity index (χ0) is 38.2. The first kappa shape index (κ1) is 39.0. The van der Waals surface area contributed by atoms with E-state index in [9.17, 15) is 29.1 Å². The largest absolute Gasteiger partial charge is 0.472 e. The number of ether oxygens (including phenoxy) is 6.